The SMILES string of the molecule is C=CC(F)(F)c1cc(C)c2cc(Cc3c(Cl)ccc(C(=O)N4CC(C(=O)O)C4)c3Cl)n(C)c2c1. The maximum atomic E-state index is 14.2. The normalized spacial score (nSPS) is 14.4. The van der Waals surface area contributed by atoms with Crippen molar-refractivity contribution < 1.29 is 23.5 Å². The lowest BCUT2D eigenvalue weighted by Crippen LogP contribution is -2.53. The molecule has 0 saturated carbocycles. The van der Waals surface area contributed by atoms with Crippen molar-refractivity contribution in [2.75, 3.05) is 13.1 Å². The van der Waals surface area contributed by atoms with E-state index in [9.17, 15) is 18.4 Å². The van der Waals surface area contributed by atoms with Gasteiger partial charge in [0.05, 0.1) is 16.5 Å². The van der Waals surface area contributed by atoms with Crippen LogP contribution in [0.1, 0.15) is 32.7 Å². The molecule has 1 aromatic heterocycles. The Balaban J connectivity index is 1.70. The van der Waals surface area contributed by atoms with Gasteiger partial charge in [0.2, 0.25) is 0 Å². The molecule has 1 fully saturated rings. The highest BCUT2D eigenvalue weighted by Gasteiger charge is 2.37. The lowest BCUT2D eigenvalue weighted by atomic mass is 9.98. The lowest BCUT2D eigenvalue weighted by Gasteiger charge is -2.36. The zero-order chi connectivity index (χ0) is 24.9. The molecule has 0 unspecified atom stereocenters. The van der Waals surface area contributed by atoms with Crippen molar-refractivity contribution in [3.63, 3.8) is 0 Å². The largest absolute Gasteiger partial charge is 0.481 e. The number of fused-ring (bicyclic) bond motifs is 1. The van der Waals surface area contributed by atoms with E-state index in [2.05, 4.69) is 6.58 Å². The van der Waals surface area contributed by atoms with Gasteiger partial charge in [0.15, 0.2) is 0 Å². The molecule has 0 atom stereocenters. The van der Waals surface area contributed by atoms with Gasteiger partial charge in [0, 0.05) is 53.7 Å². The first-order valence-electron chi connectivity index (χ1n) is 10.5. The number of hydrogen-bond donors (Lipinski definition) is 1. The third-order valence-electron chi connectivity index (χ3n) is 6.40. The van der Waals surface area contributed by atoms with E-state index in [4.69, 9.17) is 28.3 Å². The van der Waals surface area contributed by atoms with Crippen LogP contribution in [-0.2, 0) is 24.2 Å². The number of allylic oxidation sites excluding steroid dienone is 1. The molecule has 0 spiro atoms. The first-order valence-corrected chi connectivity index (χ1v) is 11.3. The summed E-state index contributed by atoms with van der Waals surface area (Å²) in [5.41, 5.74) is 2.74. The van der Waals surface area contributed by atoms with Crippen LogP contribution in [-0.4, -0.2) is 39.5 Å². The van der Waals surface area contributed by atoms with E-state index in [1.54, 1.807) is 24.6 Å². The Labute approximate surface area is 205 Å². The molecule has 1 amide bonds. The number of hydrogen-bond acceptors (Lipinski definition) is 2. The van der Waals surface area contributed by atoms with Gasteiger partial charge in [-0.25, -0.2) is 0 Å². The first kappa shape index (κ1) is 24.2. The second-order valence-electron chi connectivity index (χ2n) is 8.56. The highest BCUT2D eigenvalue weighted by atomic mass is 35.5. The number of aryl methyl sites for hydroxylation is 2. The fourth-order valence-electron chi connectivity index (χ4n) is 4.22. The number of halogens is 4. The third-order valence-corrected chi connectivity index (χ3v) is 7.19. The van der Waals surface area contributed by atoms with Crippen LogP contribution in [0, 0.1) is 12.8 Å². The Bertz CT molecular complexity index is 1340. The molecule has 2 aromatic carbocycles. The van der Waals surface area contributed by atoms with Gasteiger partial charge in [-0.2, -0.15) is 8.78 Å². The van der Waals surface area contributed by atoms with Crippen molar-refractivity contribution in [1.29, 1.82) is 0 Å². The molecule has 1 saturated heterocycles. The molecule has 34 heavy (non-hydrogen) atoms. The quantitative estimate of drug-likeness (QED) is 0.428. The highest BCUT2D eigenvalue weighted by Crippen LogP contribution is 2.36. The van der Waals surface area contributed by atoms with Crippen LogP contribution in [0.3, 0.4) is 0 Å². The predicted molar refractivity (Wildman–Crippen MR) is 128 cm³/mol. The molecular formula is C25H22Cl2F2N2O3. The Hall–Kier alpha value is -2.90. The average Bonchev–Trinajstić information content (AvgIpc) is 3.05. The van der Waals surface area contributed by atoms with E-state index in [1.165, 1.54) is 23.1 Å². The van der Waals surface area contributed by atoms with Crippen LogP contribution in [0.5, 0.6) is 0 Å². The minimum atomic E-state index is -3.15. The van der Waals surface area contributed by atoms with E-state index in [0.717, 1.165) is 11.1 Å². The number of aliphatic carboxylic acids is 1. The first-order chi connectivity index (χ1) is 15.9. The minimum Gasteiger partial charge on any atom is -0.481 e. The fourth-order valence-corrected chi connectivity index (χ4v) is 4.81. The van der Waals surface area contributed by atoms with Gasteiger partial charge in [-0.05, 0) is 54.5 Å². The molecule has 0 radical (unpaired) electrons. The predicted octanol–water partition coefficient (Wildman–Crippen LogP) is 5.82. The number of aromatic nitrogens is 1. The van der Waals surface area contributed by atoms with Crippen molar-refractivity contribution in [3.8, 4) is 0 Å². The van der Waals surface area contributed by atoms with Crippen LogP contribution >= 0.6 is 23.2 Å². The lowest BCUT2D eigenvalue weighted by molar-refractivity contribution is -0.146. The van der Waals surface area contributed by atoms with E-state index in [-0.39, 0.29) is 41.6 Å². The number of likely N-dealkylation sites (tertiary alicyclic amines) is 1. The van der Waals surface area contributed by atoms with Gasteiger partial charge in [0.25, 0.3) is 11.8 Å². The van der Waals surface area contributed by atoms with Crippen molar-refractivity contribution in [1.82, 2.24) is 9.47 Å². The van der Waals surface area contributed by atoms with Crippen molar-refractivity contribution in [2.24, 2.45) is 13.0 Å². The standard InChI is InChI=1S/C25H22Cl2F2N2O3/c1-4-25(28,29)15-7-13(2)18-9-16(30(3)21(18)8-15)10-19-20(26)6-5-17(22(19)27)23(32)31-11-14(12-31)24(33)34/h4-9,14H,1,10-12H2,2-3H3,(H,33,34). The molecule has 9 heteroatoms. The molecule has 0 bridgehead atoms. The van der Waals surface area contributed by atoms with Crippen LogP contribution in [0.25, 0.3) is 10.9 Å². The molecule has 178 valence electrons. The van der Waals surface area contributed by atoms with E-state index in [0.29, 0.717) is 27.7 Å². The second-order valence-corrected chi connectivity index (χ2v) is 9.34. The number of rotatable bonds is 6. The monoisotopic (exact) mass is 506 g/mol. The number of carboxylic acids is 1. The summed E-state index contributed by atoms with van der Waals surface area (Å²) >= 11 is 13.0. The number of nitrogens with zero attached hydrogens (tertiary/aromatic N) is 2. The average molecular weight is 507 g/mol. The molecule has 0 aliphatic carbocycles. The van der Waals surface area contributed by atoms with Gasteiger partial charge < -0.3 is 14.6 Å². The van der Waals surface area contributed by atoms with Gasteiger partial charge in [-0.3, -0.25) is 9.59 Å². The van der Waals surface area contributed by atoms with Crippen molar-refractivity contribution in [2.45, 2.75) is 19.3 Å². The van der Waals surface area contributed by atoms with Crippen molar-refractivity contribution in [3.05, 3.63) is 81.0 Å². The Morgan fingerprint density at radius 1 is 1.24 bits per heavy atom. The van der Waals surface area contributed by atoms with E-state index in [1.807, 2.05) is 6.07 Å². The van der Waals surface area contributed by atoms with E-state index < -0.39 is 17.8 Å². The number of carbonyl (C=O) groups is 2. The number of carboxylic acid groups (broad SMARTS) is 1. The summed E-state index contributed by atoms with van der Waals surface area (Å²) in [4.78, 5) is 25.3. The van der Waals surface area contributed by atoms with Crippen molar-refractivity contribution >= 4 is 46.0 Å². The zero-order valence-corrected chi connectivity index (χ0v) is 20.1. The number of carbonyl (C=O) groups excluding carboxylic acids is 1. The highest BCUT2D eigenvalue weighted by molar-refractivity contribution is 6.38. The maximum Gasteiger partial charge on any atom is 0.310 e. The molecule has 4 rings (SSSR count). The molecule has 1 N–H and O–H groups in total. The Kier molecular flexibility index (Phi) is 6.21. The number of alkyl halides is 2. The molecule has 1 aliphatic heterocycles. The van der Waals surface area contributed by atoms with Crippen LogP contribution in [0.2, 0.25) is 10.0 Å². The summed E-state index contributed by atoms with van der Waals surface area (Å²) in [7, 11) is 1.77. The molecule has 2 heterocycles. The maximum absolute atomic E-state index is 14.2. The second kappa shape index (κ2) is 8.71. The summed E-state index contributed by atoms with van der Waals surface area (Å²) in [5.74, 6) is -5.02. The number of benzene rings is 2. The molecule has 1 aliphatic rings. The smallest absolute Gasteiger partial charge is 0.310 e. The summed E-state index contributed by atoms with van der Waals surface area (Å²) in [6, 6.07) is 7.90. The topological polar surface area (TPSA) is 62.5 Å². The number of amides is 1. The van der Waals surface area contributed by atoms with E-state index >= 15 is 0 Å². The fraction of sp³-hybridized carbons (Fsp3) is 0.280. The Morgan fingerprint density at radius 3 is 2.53 bits per heavy atom. The summed E-state index contributed by atoms with van der Waals surface area (Å²) in [6.45, 7) is 5.26. The molecule has 3 aromatic rings. The van der Waals surface area contributed by atoms with Gasteiger partial charge in [-0.1, -0.05) is 29.8 Å². The van der Waals surface area contributed by atoms with Crippen LogP contribution in [0.4, 0.5) is 8.78 Å². The van der Waals surface area contributed by atoms with Crippen LogP contribution < -0.4 is 0 Å². The van der Waals surface area contributed by atoms with Gasteiger partial charge in [0.1, 0.15) is 0 Å². The Morgan fingerprint density at radius 2 is 1.91 bits per heavy atom. The third kappa shape index (κ3) is 4.07. The minimum absolute atomic E-state index is 0.128. The molecule has 5 nitrogen and oxygen atoms in total. The van der Waals surface area contributed by atoms with Gasteiger partial charge >= 0.3 is 5.97 Å². The summed E-state index contributed by atoms with van der Waals surface area (Å²) in [5, 5.41) is 10.4. The zero-order valence-electron chi connectivity index (χ0n) is 18.5. The van der Waals surface area contributed by atoms with Crippen LogP contribution in [0.15, 0.2) is 43.0 Å². The molecular weight excluding hydrogens is 485 g/mol. The summed E-state index contributed by atoms with van der Waals surface area (Å²) in [6.07, 6.45) is 0.894. The van der Waals surface area contributed by atoms with Gasteiger partial charge in [-0.15, -0.1) is 0 Å². The summed E-state index contributed by atoms with van der Waals surface area (Å²) < 4.78 is 30.3.